The lowest BCUT2D eigenvalue weighted by Crippen LogP contribution is -2.07. The summed E-state index contributed by atoms with van der Waals surface area (Å²) >= 11 is 0. The standard InChI is InChI=1S/C23H31NO2/c1-4-6-7-8-19-9-12-21(13-10-19)24-16-20-11-14-22(15-23(20)25)26-17-18(3)5-2/h9-16,18,25H,4-8,17H2,1-3H3/t18-/m1/s1. The van der Waals surface area contributed by atoms with E-state index in [9.17, 15) is 5.11 Å². The fraction of sp³-hybridized carbons (Fsp3) is 0.435. The van der Waals surface area contributed by atoms with Gasteiger partial charge in [0.1, 0.15) is 11.5 Å². The normalized spacial score (nSPS) is 12.4. The van der Waals surface area contributed by atoms with Gasteiger partial charge in [-0.25, -0.2) is 0 Å². The van der Waals surface area contributed by atoms with E-state index < -0.39 is 0 Å². The van der Waals surface area contributed by atoms with Gasteiger partial charge in [0.2, 0.25) is 0 Å². The van der Waals surface area contributed by atoms with Crippen LogP contribution in [0.1, 0.15) is 57.6 Å². The number of hydrogen-bond acceptors (Lipinski definition) is 3. The van der Waals surface area contributed by atoms with Crippen molar-refractivity contribution in [2.75, 3.05) is 6.61 Å². The third kappa shape index (κ3) is 6.55. The van der Waals surface area contributed by atoms with E-state index in [1.165, 1.54) is 24.8 Å². The summed E-state index contributed by atoms with van der Waals surface area (Å²) in [5.41, 5.74) is 2.93. The van der Waals surface area contributed by atoms with Gasteiger partial charge in [-0.15, -0.1) is 0 Å². The smallest absolute Gasteiger partial charge is 0.128 e. The van der Waals surface area contributed by atoms with Gasteiger partial charge in [-0.2, -0.15) is 0 Å². The van der Waals surface area contributed by atoms with Gasteiger partial charge in [0.25, 0.3) is 0 Å². The molecule has 0 radical (unpaired) electrons. The Kier molecular flexibility index (Phi) is 8.20. The lowest BCUT2D eigenvalue weighted by Gasteiger charge is -2.11. The van der Waals surface area contributed by atoms with Crippen molar-refractivity contribution in [2.45, 2.75) is 52.9 Å². The number of aromatic hydroxyl groups is 1. The van der Waals surface area contributed by atoms with Crippen molar-refractivity contribution in [1.82, 2.24) is 0 Å². The number of benzene rings is 2. The molecule has 26 heavy (non-hydrogen) atoms. The van der Waals surface area contributed by atoms with E-state index in [0.717, 1.165) is 18.5 Å². The Hall–Kier alpha value is -2.29. The second-order valence-corrected chi connectivity index (χ2v) is 6.93. The monoisotopic (exact) mass is 353 g/mol. The third-order valence-electron chi connectivity index (χ3n) is 4.59. The van der Waals surface area contributed by atoms with Crippen LogP contribution in [0.5, 0.6) is 11.5 Å². The van der Waals surface area contributed by atoms with Crippen LogP contribution < -0.4 is 4.74 Å². The molecule has 0 spiro atoms. The van der Waals surface area contributed by atoms with Crippen molar-refractivity contribution < 1.29 is 9.84 Å². The molecule has 2 aromatic carbocycles. The zero-order chi connectivity index (χ0) is 18.8. The van der Waals surface area contributed by atoms with Crippen molar-refractivity contribution in [3.05, 3.63) is 53.6 Å². The van der Waals surface area contributed by atoms with Crippen molar-refractivity contribution in [1.29, 1.82) is 0 Å². The maximum Gasteiger partial charge on any atom is 0.128 e. The van der Waals surface area contributed by atoms with Crippen LogP contribution in [0.4, 0.5) is 5.69 Å². The van der Waals surface area contributed by atoms with E-state index >= 15 is 0 Å². The van der Waals surface area contributed by atoms with E-state index in [4.69, 9.17) is 4.74 Å². The molecular weight excluding hydrogens is 322 g/mol. The van der Waals surface area contributed by atoms with Gasteiger partial charge in [-0.3, -0.25) is 4.99 Å². The van der Waals surface area contributed by atoms with Gasteiger partial charge in [0, 0.05) is 17.8 Å². The number of aryl methyl sites for hydroxylation is 1. The molecule has 0 saturated carbocycles. The van der Waals surface area contributed by atoms with Gasteiger partial charge in [0.05, 0.1) is 12.3 Å². The number of nitrogens with zero attached hydrogens (tertiary/aromatic N) is 1. The lowest BCUT2D eigenvalue weighted by molar-refractivity contribution is 0.255. The quantitative estimate of drug-likeness (QED) is 0.402. The molecule has 0 aliphatic heterocycles. The number of aliphatic imine (C=N–C) groups is 1. The van der Waals surface area contributed by atoms with Gasteiger partial charge < -0.3 is 9.84 Å². The molecule has 140 valence electrons. The Labute approximate surface area is 157 Å². The Balaban J connectivity index is 1.94. The van der Waals surface area contributed by atoms with Crippen LogP contribution in [0, 0.1) is 5.92 Å². The Morgan fingerprint density at radius 3 is 2.50 bits per heavy atom. The molecule has 3 heteroatoms. The highest BCUT2D eigenvalue weighted by molar-refractivity contribution is 5.85. The van der Waals surface area contributed by atoms with E-state index in [0.29, 0.717) is 23.8 Å². The van der Waals surface area contributed by atoms with Crippen LogP contribution in [0.3, 0.4) is 0 Å². The molecule has 0 bridgehead atoms. The number of phenols is 1. The molecule has 0 saturated heterocycles. The van der Waals surface area contributed by atoms with Crippen molar-refractivity contribution in [3.63, 3.8) is 0 Å². The molecule has 0 fully saturated rings. The van der Waals surface area contributed by atoms with Crippen molar-refractivity contribution >= 4 is 11.9 Å². The van der Waals surface area contributed by atoms with Gasteiger partial charge >= 0.3 is 0 Å². The fourth-order valence-electron chi connectivity index (χ4n) is 2.55. The van der Waals surface area contributed by atoms with E-state index in [2.05, 4.69) is 37.9 Å². The number of phenolic OH excluding ortho intramolecular Hbond substituents is 1. The largest absolute Gasteiger partial charge is 0.507 e. The summed E-state index contributed by atoms with van der Waals surface area (Å²) in [6.07, 6.45) is 7.65. The summed E-state index contributed by atoms with van der Waals surface area (Å²) in [5, 5.41) is 10.2. The van der Waals surface area contributed by atoms with Crippen LogP contribution in [0.15, 0.2) is 47.5 Å². The SMILES string of the molecule is CCCCCc1ccc(N=Cc2ccc(OC[C@H](C)CC)cc2O)cc1. The number of ether oxygens (including phenoxy) is 1. The first-order valence-electron chi connectivity index (χ1n) is 9.71. The number of unbranched alkanes of at least 4 members (excludes halogenated alkanes) is 2. The summed E-state index contributed by atoms with van der Waals surface area (Å²) in [7, 11) is 0. The first-order valence-corrected chi connectivity index (χ1v) is 9.71. The molecule has 1 N–H and O–H groups in total. The van der Waals surface area contributed by atoms with E-state index in [1.807, 2.05) is 24.3 Å². The molecule has 2 aromatic rings. The lowest BCUT2D eigenvalue weighted by atomic mass is 10.1. The highest BCUT2D eigenvalue weighted by Crippen LogP contribution is 2.24. The summed E-state index contributed by atoms with van der Waals surface area (Å²) in [6.45, 7) is 7.17. The number of hydrogen-bond donors (Lipinski definition) is 1. The first-order chi connectivity index (χ1) is 12.6. The van der Waals surface area contributed by atoms with Gasteiger partial charge in [-0.1, -0.05) is 52.2 Å². The highest BCUT2D eigenvalue weighted by Gasteiger charge is 2.04. The molecule has 0 heterocycles. The van der Waals surface area contributed by atoms with Crippen molar-refractivity contribution in [2.24, 2.45) is 10.9 Å². The van der Waals surface area contributed by atoms with E-state index in [-0.39, 0.29) is 5.75 Å². The van der Waals surface area contributed by atoms with Crippen LogP contribution in [0.2, 0.25) is 0 Å². The summed E-state index contributed by atoms with van der Waals surface area (Å²) in [4.78, 5) is 4.47. The molecular formula is C23H31NO2. The fourth-order valence-corrected chi connectivity index (χ4v) is 2.55. The summed E-state index contributed by atoms with van der Waals surface area (Å²) in [6, 6.07) is 13.7. The zero-order valence-electron chi connectivity index (χ0n) is 16.2. The van der Waals surface area contributed by atoms with E-state index in [1.54, 1.807) is 12.3 Å². The minimum atomic E-state index is 0.187. The Morgan fingerprint density at radius 2 is 1.85 bits per heavy atom. The summed E-state index contributed by atoms with van der Waals surface area (Å²) in [5.74, 6) is 1.38. The first kappa shape index (κ1) is 20.0. The molecule has 0 amide bonds. The van der Waals surface area contributed by atoms with Crippen LogP contribution in [-0.2, 0) is 6.42 Å². The zero-order valence-corrected chi connectivity index (χ0v) is 16.2. The predicted molar refractivity (Wildman–Crippen MR) is 110 cm³/mol. The van der Waals surface area contributed by atoms with Crippen LogP contribution >= 0.6 is 0 Å². The molecule has 0 aliphatic carbocycles. The molecule has 0 unspecified atom stereocenters. The second kappa shape index (κ2) is 10.6. The molecule has 3 nitrogen and oxygen atoms in total. The predicted octanol–water partition coefficient (Wildman–Crippen LogP) is 6.30. The van der Waals surface area contributed by atoms with Crippen LogP contribution in [-0.4, -0.2) is 17.9 Å². The number of rotatable bonds is 10. The molecule has 0 aromatic heterocycles. The van der Waals surface area contributed by atoms with Gasteiger partial charge in [0.15, 0.2) is 0 Å². The molecule has 2 rings (SSSR count). The maximum atomic E-state index is 10.2. The second-order valence-electron chi connectivity index (χ2n) is 6.93. The minimum absolute atomic E-state index is 0.187. The Bertz CT molecular complexity index is 692. The average molecular weight is 354 g/mol. The van der Waals surface area contributed by atoms with Crippen molar-refractivity contribution in [3.8, 4) is 11.5 Å². The minimum Gasteiger partial charge on any atom is -0.507 e. The van der Waals surface area contributed by atoms with Crippen LogP contribution in [0.25, 0.3) is 0 Å². The molecule has 0 aliphatic rings. The third-order valence-corrected chi connectivity index (χ3v) is 4.59. The molecule has 1 atom stereocenters. The topological polar surface area (TPSA) is 41.8 Å². The average Bonchev–Trinajstić information content (AvgIpc) is 2.66. The Morgan fingerprint density at radius 1 is 1.08 bits per heavy atom. The highest BCUT2D eigenvalue weighted by atomic mass is 16.5. The maximum absolute atomic E-state index is 10.2. The van der Waals surface area contributed by atoms with Gasteiger partial charge in [-0.05, 0) is 48.6 Å². The summed E-state index contributed by atoms with van der Waals surface area (Å²) < 4.78 is 5.71.